The number of imide groups is 1. The normalized spacial score (nSPS) is 12.9. The highest BCUT2D eigenvalue weighted by Gasteiger charge is 2.34. The number of hydrogen-bond donors (Lipinski definition) is 2. The predicted molar refractivity (Wildman–Crippen MR) is 138 cm³/mol. The zero-order valence-electron chi connectivity index (χ0n) is 20.1. The number of hydrogen-bond acceptors (Lipinski definition) is 5. The lowest BCUT2D eigenvalue weighted by molar-refractivity contribution is -0.114. The molecule has 1 aliphatic rings. The minimum atomic E-state index is -0.339. The van der Waals surface area contributed by atoms with Crippen molar-refractivity contribution >= 4 is 29.7 Å². The fraction of sp³-hybridized carbons (Fsp3) is 0.250. The summed E-state index contributed by atoms with van der Waals surface area (Å²) in [6, 6.07) is 16.9. The molecule has 2 aromatic carbocycles. The summed E-state index contributed by atoms with van der Waals surface area (Å²) >= 11 is 0. The Morgan fingerprint density at radius 1 is 0.944 bits per heavy atom. The number of aryl methyl sites for hydroxylation is 1. The standard InChI is InChI=1S/C28H28N4O4/c1-19(33)29-28-30-24(23(25(34)31-28)16-6-5-13-20-11-3-2-4-12-20)17-9-10-18-32-26(35)21-14-7-8-15-22(21)27(32)36/h2-4,7-9,11-12,14-15,17H,5-6,10,13,16,18H2,1H3,(H2,29,30,31,33,34)/b17-9+. The monoisotopic (exact) mass is 484 g/mol. The first kappa shape index (κ1) is 24.8. The van der Waals surface area contributed by atoms with Crippen LogP contribution in [0.25, 0.3) is 6.08 Å². The summed E-state index contributed by atoms with van der Waals surface area (Å²) in [7, 11) is 0. The molecule has 8 heteroatoms. The van der Waals surface area contributed by atoms with Crippen LogP contribution in [-0.4, -0.2) is 39.1 Å². The maximum atomic E-state index is 12.8. The third-order valence-corrected chi connectivity index (χ3v) is 6.00. The highest BCUT2D eigenvalue weighted by molar-refractivity contribution is 6.21. The molecule has 1 aliphatic heterocycles. The minimum Gasteiger partial charge on any atom is -0.296 e. The lowest BCUT2D eigenvalue weighted by Crippen LogP contribution is -2.30. The average Bonchev–Trinajstić information content (AvgIpc) is 3.10. The van der Waals surface area contributed by atoms with Crippen LogP contribution in [0.2, 0.25) is 0 Å². The van der Waals surface area contributed by atoms with E-state index in [0.717, 1.165) is 19.3 Å². The van der Waals surface area contributed by atoms with Crippen molar-refractivity contribution in [3.63, 3.8) is 0 Å². The molecule has 0 atom stereocenters. The maximum Gasteiger partial charge on any atom is 0.261 e. The number of carbonyl (C=O) groups excluding carboxylic acids is 3. The molecule has 0 unspecified atom stereocenters. The van der Waals surface area contributed by atoms with Crippen LogP contribution in [0.3, 0.4) is 0 Å². The Hall–Kier alpha value is -4.33. The van der Waals surface area contributed by atoms with Gasteiger partial charge in [-0.05, 0) is 55.9 Å². The van der Waals surface area contributed by atoms with Crippen LogP contribution in [0.1, 0.15) is 63.7 Å². The van der Waals surface area contributed by atoms with Crippen LogP contribution in [-0.2, 0) is 17.6 Å². The Balaban J connectivity index is 1.43. The van der Waals surface area contributed by atoms with Crippen molar-refractivity contribution in [2.45, 2.75) is 39.0 Å². The van der Waals surface area contributed by atoms with E-state index < -0.39 is 0 Å². The third kappa shape index (κ3) is 5.83. The summed E-state index contributed by atoms with van der Waals surface area (Å²) in [5, 5.41) is 2.52. The Morgan fingerprint density at radius 2 is 1.58 bits per heavy atom. The Morgan fingerprint density at radius 3 is 2.25 bits per heavy atom. The number of aromatic nitrogens is 2. The summed E-state index contributed by atoms with van der Waals surface area (Å²) in [5.74, 6) is -0.856. The predicted octanol–water partition coefficient (Wildman–Crippen LogP) is 3.99. The summed E-state index contributed by atoms with van der Waals surface area (Å²) in [6.45, 7) is 1.56. The van der Waals surface area contributed by atoms with Crippen LogP contribution in [0.15, 0.2) is 65.5 Å². The number of unbranched alkanes of at least 4 members (excludes halogenated alkanes) is 1. The molecule has 8 nitrogen and oxygen atoms in total. The van der Waals surface area contributed by atoms with Gasteiger partial charge in [0, 0.05) is 19.0 Å². The number of carbonyl (C=O) groups is 3. The largest absolute Gasteiger partial charge is 0.296 e. The van der Waals surface area contributed by atoms with E-state index in [1.54, 1.807) is 36.4 Å². The van der Waals surface area contributed by atoms with Gasteiger partial charge in [0.25, 0.3) is 17.4 Å². The second-order valence-corrected chi connectivity index (χ2v) is 8.65. The van der Waals surface area contributed by atoms with Gasteiger partial charge in [-0.1, -0.05) is 48.5 Å². The molecule has 184 valence electrons. The van der Waals surface area contributed by atoms with E-state index in [4.69, 9.17) is 0 Å². The van der Waals surface area contributed by atoms with E-state index in [2.05, 4.69) is 27.4 Å². The number of anilines is 1. The van der Waals surface area contributed by atoms with E-state index in [1.165, 1.54) is 17.4 Å². The van der Waals surface area contributed by atoms with Crippen molar-refractivity contribution in [2.24, 2.45) is 0 Å². The molecular weight excluding hydrogens is 456 g/mol. The number of nitrogens with one attached hydrogen (secondary N) is 2. The first-order chi connectivity index (χ1) is 17.4. The Bertz CT molecular complexity index is 1330. The van der Waals surface area contributed by atoms with Gasteiger partial charge in [-0.15, -0.1) is 0 Å². The molecule has 2 heterocycles. The molecule has 0 aliphatic carbocycles. The van der Waals surface area contributed by atoms with Crippen LogP contribution < -0.4 is 10.9 Å². The average molecular weight is 485 g/mol. The number of rotatable bonds is 10. The molecule has 0 bridgehead atoms. The van der Waals surface area contributed by atoms with E-state index in [-0.39, 0.29) is 35.8 Å². The highest BCUT2D eigenvalue weighted by atomic mass is 16.2. The van der Waals surface area contributed by atoms with Crippen LogP contribution >= 0.6 is 0 Å². The van der Waals surface area contributed by atoms with Crippen molar-refractivity contribution in [1.29, 1.82) is 0 Å². The molecule has 0 saturated carbocycles. The SMILES string of the molecule is CC(=O)Nc1nc(/C=C/CCN2C(=O)c3ccccc3C2=O)c(CCCCc2ccccc2)c(=O)[nH]1. The number of H-pyrrole nitrogens is 1. The van der Waals surface area contributed by atoms with Gasteiger partial charge < -0.3 is 0 Å². The van der Waals surface area contributed by atoms with Crippen molar-refractivity contribution in [3.05, 3.63) is 99.0 Å². The van der Waals surface area contributed by atoms with Gasteiger partial charge in [0.05, 0.1) is 16.8 Å². The number of fused-ring (bicyclic) bond motifs is 1. The fourth-order valence-electron chi connectivity index (χ4n) is 4.24. The van der Waals surface area contributed by atoms with Crippen molar-refractivity contribution in [1.82, 2.24) is 14.9 Å². The number of benzene rings is 2. The van der Waals surface area contributed by atoms with E-state index in [1.807, 2.05) is 18.2 Å². The molecule has 3 amide bonds. The summed E-state index contributed by atoms with van der Waals surface area (Å²) in [5.41, 5.74) is 2.78. The molecule has 0 radical (unpaired) electrons. The van der Waals surface area contributed by atoms with Gasteiger partial charge in [-0.25, -0.2) is 4.98 Å². The molecule has 1 aromatic heterocycles. The van der Waals surface area contributed by atoms with Gasteiger partial charge in [0.1, 0.15) is 0 Å². The first-order valence-corrected chi connectivity index (χ1v) is 12.0. The zero-order chi connectivity index (χ0) is 25.5. The topological polar surface area (TPSA) is 112 Å². The van der Waals surface area contributed by atoms with E-state index >= 15 is 0 Å². The lowest BCUT2D eigenvalue weighted by atomic mass is 10.0. The smallest absolute Gasteiger partial charge is 0.261 e. The number of nitrogens with zero attached hydrogens (tertiary/aromatic N) is 2. The van der Waals surface area contributed by atoms with Gasteiger partial charge in [-0.3, -0.25) is 34.4 Å². The number of aromatic amines is 1. The van der Waals surface area contributed by atoms with Crippen LogP contribution in [0, 0.1) is 0 Å². The highest BCUT2D eigenvalue weighted by Crippen LogP contribution is 2.22. The van der Waals surface area contributed by atoms with Crippen molar-refractivity contribution in [3.8, 4) is 0 Å². The molecule has 3 aromatic rings. The first-order valence-electron chi connectivity index (χ1n) is 12.0. The molecule has 0 spiro atoms. The lowest BCUT2D eigenvalue weighted by Gasteiger charge is -2.12. The minimum absolute atomic E-state index is 0.0838. The molecule has 0 fully saturated rings. The van der Waals surface area contributed by atoms with Gasteiger partial charge in [0.15, 0.2) is 0 Å². The second kappa shape index (κ2) is 11.4. The van der Waals surface area contributed by atoms with Gasteiger partial charge in [0.2, 0.25) is 11.9 Å². The molecule has 4 rings (SSSR count). The van der Waals surface area contributed by atoms with Gasteiger partial charge in [-0.2, -0.15) is 0 Å². The van der Waals surface area contributed by atoms with E-state index in [0.29, 0.717) is 35.2 Å². The van der Waals surface area contributed by atoms with Crippen LogP contribution in [0.5, 0.6) is 0 Å². The third-order valence-electron chi connectivity index (χ3n) is 6.00. The second-order valence-electron chi connectivity index (χ2n) is 8.65. The van der Waals surface area contributed by atoms with Crippen LogP contribution in [0.4, 0.5) is 5.95 Å². The quantitative estimate of drug-likeness (QED) is 0.334. The maximum absolute atomic E-state index is 12.8. The zero-order valence-corrected chi connectivity index (χ0v) is 20.1. The Kier molecular flexibility index (Phi) is 7.85. The van der Waals surface area contributed by atoms with Gasteiger partial charge >= 0.3 is 0 Å². The summed E-state index contributed by atoms with van der Waals surface area (Å²) in [4.78, 5) is 57.6. The molecule has 36 heavy (non-hydrogen) atoms. The van der Waals surface area contributed by atoms with Crippen molar-refractivity contribution < 1.29 is 14.4 Å². The molecular formula is C28H28N4O4. The molecule has 0 saturated heterocycles. The number of amides is 3. The molecule has 2 N–H and O–H groups in total. The fourth-order valence-corrected chi connectivity index (χ4v) is 4.24. The summed E-state index contributed by atoms with van der Waals surface area (Å²) in [6.07, 6.45) is 7.08. The summed E-state index contributed by atoms with van der Waals surface area (Å²) < 4.78 is 0. The van der Waals surface area contributed by atoms with E-state index in [9.17, 15) is 19.2 Å². The Labute approximate surface area is 209 Å². The van der Waals surface area contributed by atoms with Crippen molar-refractivity contribution in [2.75, 3.05) is 11.9 Å².